The fourth-order valence-electron chi connectivity index (χ4n) is 1.89. The number of rotatable bonds is 6. The molecule has 0 amide bonds. The maximum absolute atomic E-state index is 13.1. The Balaban J connectivity index is 1.90. The summed E-state index contributed by atoms with van der Waals surface area (Å²) in [5.41, 5.74) is 1.96. The summed E-state index contributed by atoms with van der Waals surface area (Å²) < 4.78 is 14.8. The van der Waals surface area contributed by atoms with Crippen LogP contribution in [0.25, 0.3) is 0 Å². The van der Waals surface area contributed by atoms with Crippen molar-refractivity contribution in [3.05, 3.63) is 53.6 Å². The second kappa shape index (κ2) is 6.45. The summed E-state index contributed by atoms with van der Waals surface area (Å²) in [6, 6.07) is 6.65. The van der Waals surface area contributed by atoms with Crippen LogP contribution in [0.1, 0.15) is 24.1 Å². The zero-order valence-corrected chi connectivity index (χ0v) is 10.9. The Morgan fingerprint density at radius 2 is 2.32 bits per heavy atom. The molecule has 2 rings (SSSR count). The lowest BCUT2D eigenvalue weighted by molar-refractivity contribution is 0.269. The van der Waals surface area contributed by atoms with E-state index in [0.717, 1.165) is 11.1 Å². The first-order valence-corrected chi connectivity index (χ1v) is 6.30. The van der Waals surface area contributed by atoms with E-state index in [1.165, 1.54) is 12.1 Å². The number of aliphatic hydroxyl groups is 1. The molecule has 1 atom stereocenters. The van der Waals surface area contributed by atoms with Crippen molar-refractivity contribution >= 4 is 0 Å². The molecule has 0 aliphatic heterocycles. The minimum Gasteiger partial charge on any atom is -0.394 e. The quantitative estimate of drug-likeness (QED) is 0.836. The number of halogens is 1. The van der Waals surface area contributed by atoms with Gasteiger partial charge in [-0.15, -0.1) is 0 Å². The van der Waals surface area contributed by atoms with Crippen molar-refractivity contribution in [1.29, 1.82) is 0 Å². The third-order valence-corrected chi connectivity index (χ3v) is 2.98. The number of hydrogen-bond acceptors (Lipinski definition) is 3. The standard InChI is InChI=1S/C14H18FN3O/c1-11(13-3-2-4-14(15)7-13)16-8-12-9-17-18(10-12)5-6-19/h2-4,7,9-11,16,19H,5-6,8H2,1H3/t11-/m0/s1. The third kappa shape index (κ3) is 3.87. The predicted molar refractivity (Wildman–Crippen MR) is 71.0 cm³/mol. The first-order chi connectivity index (χ1) is 9.19. The molecular weight excluding hydrogens is 245 g/mol. The molecule has 1 aromatic carbocycles. The summed E-state index contributed by atoms with van der Waals surface area (Å²) in [5, 5.41) is 16.3. The van der Waals surface area contributed by atoms with E-state index in [9.17, 15) is 4.39 Å². The summed E-state index contributed by atoms with van der Waals surface area (Å²) >= 11 is 0. The van der Waals surface area contributed by atoms with Crippen LogP contribution in [0.4, 0.5) is 4.39 Å². The molecule has 102 valence electrons. The van der Waals surface area contributed by atoms with Crippen molar-refractivity contribution in [3.63, 3.8) is 0 Å². The molecule has 2 N–H and O–H groups in total. The van der Waals surface area contributed by atoms with Gasteiger partial charge in [-0.25, -0.2) is 4.39 Å². The van der Waals surface area contributed by atoms with Crippen LogP contribution in [0, 0.1) is 5.82 Å². The number of nitrogens with one attached hydrogen (secondary N) is 1. The lowest BCUT2D eigenvalue weighted by Gasteiger charge is -2.13. The van der Waals surface area contributed by atoms with Crippen molar-refractivity contribution in [2.24, 2.45) is 0 Å². The van der Waals surface area contributed by atoms with Gasteiger partial charge >= 0.3 is 0 Å². The highest BCUT2D eigenvalue weighted by molar-refractivity contribution is 5.19. The van der Waals surface area contributed by atoms with Gasteiger partial charge in [-0.3, -0.25) is 4.68 Å². The molecule has 4 nitrogen and oxygen atoms in total. The van der Waals surface area contributed by atoms with Crippen LogP contribution in [0.5, 0.6) is 0 Å². The minimum atomic E-state index is -0.220. The van der Waals surface area contributed by atoms with Gasteiger partial charge in [0.05, 0.1) is 19.3 Å². The normalized spacial score (nSPS) is 12.6. The average Bonchev–Trinajstić information content (AvgIpc) is 2.84. The molecule has 5 heteroatoms. The molecule has 0 unspecified atom stereocenters. The van der Waals surface area contributed by atoms with Crippen LogP contribution in [0.2, 0.25) is 0 Å². The minimum absolute atomic E-state index is 0.0666. The molecule has 1 heterocycles. The van der Waals surface area contributed by atoms with Gasteiger partial charge in [-0.2, -0.15) is 5.10 Å². The van der Waals surface area contributed by atoms with E-state index in [1.54, 1.807) is 16.9 Å². The Bertz CT molecular complexity index is 527. The maximum Gasteiger partial charge on any atom is 0.123 e. The SMILES string of the molecule is C[C@H](NCc1cnn(CCO)c1)c1cccc(F)c1. The maximum atomic E-state index is 13.1. The van der Waals surface area contributed by atoms with Crippen LogP contribution in [0.3, 0.4) is 0 Å². The topological polar surface area (TPSA) is 50.1 Å². The van der Waals surface area contributed by atoms with Crippen LogP contribution in [0.15, 0.2) is 36.7 Å². The summed E-state index contributed by atoms with van der Waals surface area (Å²) in [5.74, 6) is -0.220. The third-order valence-electron chi connectivity index (χ3n) is 2.98. The monoisotopic (exact) mass is 263 g/mol. The van der Waals surface area contributed by atoms with Crippen LogP contribution in [-0.4, -0.2) is 21.5 Å². The first kappa shape index (κ1) is 13.7. The van der Waals surface area contributed by atoms with Gasteiger partial charge in [0.25, 0.3) is 0 Å². The van der Waals surface area contributed by atoms with Crippen molar-refractivity contribution < 1.29 is 9.50 Å². The van der Waals surface area contributed by atoms with Crippen LogP contribution in [-0.2, 0) is 13.1 Å². The molecule has 0 saturated heterocycles. The largest absolute Gasteiger partial charge is 0.394 e. The second-order valence-corrected chi connectivity index (χ2v) is 4.49. The highest BCUT2D eigenvalue weighted by atomic mass is 19.1. The highest BCUT2D eigenvalue weighted by Crippen LogP contribution is 2.14. The average molecular weight is 263 g/mol. The van der Waals surface area contributed by atoms with Gasteiger partial charge in [0, 0.05) is 24.3 Å². The summed E-state index contributed by atoms with van der Waals surface area (Å²) in [6.45, 7) is 3.23. The Kier molecular flexibility index (Phi) is 4.65. The Labute approximate surface area is 111 Å². The van der Waals surface area contributed by atoms with Gasteiger partial charge in [-0.1, -0.05) is 12.1 Å². The smallest absolute Gasteiger partial charge is 0.123 e. The number of aromatic nitrogens is 2. The van der Waals surface area contributed by atoms with E-state index in [-0.39, 0.29) is 18.5 Å². The van der Waals surface area contributed by atoms with E-state index in [2.05, 4.69) is 10.4 Å². The van der Waals surface area contributed by atoms with E-state index >= 15 is 0 Å². The second-order valence-electron chi connectivity index (χ2n) is 4.49. The number of aliphatic hydroxyl groups excluding tert-OH is 1. The number of nitrogens with zero attached hydrogens (tertiary/aromatic N) is 2. The van der Waals surface area contributed by atoms with Gasteiger partial charge in [0.15, 0.2) is 0 Å². The van der Waals surface area contributed by atoms with Gasteiger partial charge < -0.3 is 10.4 Å². The highest BCUT2D eigenvalue weighted by Gasteiger charge is 2.06. The Morgan fingerprint density at radius 3 is 3.05 bits per heavy atom. The zero-order valence-electron chi connectivity index (χ0n) is 10.9. The van der Waals surface area contributed by atoms with E-state index in [0.29, 0.717) is 13.1 Å². The molecule has 0 fully saturated rings. The number of hydrogen-bond donors (Lipinski definition) is 2. The molecule has 0 aliphatic carbocycles. The molecule has 1 aromatic heterocycles. The molecule has 2 aromatic rings. The zero-order chi connectivity index (χ0) is 13.7. The van der Waals surface area contributed by atoms with Gasteiger partial charge in [0.1, 0.15) is 5.82 Å². The van der Waals surface area contributed by atoms with E-state index in [1.807, 2.05) is 19.2 Å². The van der Waals surface area contributed by atoms with Crippen molar-refractivity contribution in [3.8, 4) is 0 Å². The Hall–Kier alpha value is -1.72. The molecule has 0 bridgehead atoms. The van der Waals surface area contributed by atoms with Crippen LogP contribution < -0.4 is 5.32 Å². The lowest BCUT2D eigenvalue weighted by Crippen LogP contribution is -2.17. The first-order valence-electron chi connectivity index (χ1n) is 6.30. The summed E-state index contributed by atoms with van der Waals surface area (Å²) in [6.07, 6.45) is 3.66. The van der Waals surface area contributed by atoms with Crippen molar-refractivity contribution in [2.75, 3.05) is 6.61 Å². The molecule has 0 radical (unpaired) electrons. The molecule has 0 aliphatic rings. The Morgan fingerprint density at radius 1 is 1.47 bits per heavy atom. The summed E-state index contributed by atoms with van der Waals surface area (Å²) in [7, 11) is 0. The fourth-order valence-corrected chi connectivity index (χ4v) is 1.89. The van der Waals surface area contributed by atoms with E-state index in [4.69, 9.17) is 5.11 Å². The molecule has 0 spiro atoms. The van der Waals surface area contributed by atoms with Crippen molar-refractivity contribution in [2.45, 2.75) is 26.1 Å². The molecule has 0 saturated carbocycles. The van der Waals surface area contributed by atoms with Crippen molar-refractivity contribution in [1.82, 2.24) is 15.1 Å². The molecule has 19 heavy (non-hydrogen) atoms. The fraction of sp³-hybridized carbons (Fsp3) is 0.357. The lowest BCUT2D eigenvalue weighted by atomic mass is 10.1. The molecular formula is C14H18FN3O. The van der Waals surface area contributed by atoms with Crippen LogP contribution >= 0.6 is 0 Å². The van der Waals surface area contributed by atoms with Gasteiger partial charge in [0.2, 0.25) is 0 Å². The van der Waals surface area contributed by atoms with E-state index < -0.39 is 0 Å². The summed E-state index contributed by atoms with van der Waals surface area (Å²) in [4.78, 5) is 0. The van der Waals surface area contributed by atoms with Gasteiger partial charge in [-0.05, 0) is 24.6 Å². The number of benzene rings is 1. The predicted octanol–water partition coefficient (Wildman–Crippen LogP) is 1.87.